The largest absolute Gasteiger partial charge is 0.494 e. The maximum Gasteiger partial charge on any atom is 0.258 e. The molecule has 3 rings (SSSR count). The Bertz CT molecular complexity index is 934. The molecule has 0 radical (unpaired) electrons. The maximum atomic E-state index is 13.0. The van der Waals surface area contributed by atoms with Gasteiger partial charge in [0.15, 0.2) is 0 Å². The van der Waals surface area contributed by atoms with Crippen LogP contribution < -0.4 is 14.5 Å². The molecule has 6 heteroatoms. The van der Waals surface area contributed by atoms with Crippen molar-refractivity contribution in [2.24, 2.45) is 0 Å². The van der Waals surface area contributed by atoms with Crippen molar-refractivity contribution in [1.82, 2.24) is 4.90 Å². The van der Waals surface area contributed by atoms with Crippen molar-refractivity contribution in [3.05, 3.63) is 53.6 Å². The molecule has 0 N–H and O–H groups in total. The number of nitriles is 1. The van der Waals surface area contributed by atoms with Crippen LogP contribution in [-0.2, 0) is 0 Å². The minimum Gasteiger partial charge on any atom is -0.494 e. The molecule has 0 aliphatic carbocycles. The number of hydrogen-bond donors (Lipinski definition) is 0. The minimum absolute atomic E-state index is 0.120. The van der Waals surface area contributed by atoms with E-state index in [4.69, 9.17) is 4.74 Å². The molecule has 0 aromatic heterocycles. The van der Waals surface area contributed by atoms with Crippen LogP contribution in [0.5, 0.6) is 5.75 Å². The predicted octanol–water partition coefficient (Wildman–Crippen LogP) is 4.15. The van der Waals surface area contributed by atoms with Crippen molar-refractivity contribution >= 4 is 17.3 Å². The molecule has 6 nitrogen and oxygen atoms in total. The highest BCUT2D eigenvalue weighted by Crippen LogP contribution is 2.29. The van der Waals surface area contributed by atoms with Gasteiger partial charge in [-0.1, -0.05) is 13.3 Å². The van der Waals surface area contributed by atoms with Gasteiger partial charge in [-0.15, -0.1) is 0 Å². The van der Waals surface area contributed by atoms with E-state index in [1.54, 1.807) is 30.1 Å². The van der Waals surface area contributed by atoms with Gasteiger partial charge in [0.2, 0.25) is 0 Å². The standard InChI is InChI=1S/C25H32N4O2/c1-5-6-15-31-23-10-7-19(8-11-23)25(30)28(4)21-9-12-24(20(16-21)17-26)29-14-13-22(18-29)27(2)3/h7-12,16,22H,5-6,13-15,18H2,1-4H3. The number of anilines is 2. The number of nitrogens with zero attached hydrogens (tertiary/aromatic N) is 4. The van der Waals surface area contributed by atoms with Crippen molar-refractivity contribution in [1.29, 1.82) is 5.26 Å². The number of rotatable bonds is 8. The summed E-state index contributed by atoms with van der Waals surface area (Å²) in [4.78, 5) is 19.0. The summed E-state index contributed by atoms with van der Waals surface area (Å²) in [6.45, 7) is 4.64. The highest BCUT2D eigenvalue weighted by atomic mass is 16.5. The second-order valence-electron chi connectivity index (χ2n) is 8.26. The lowest BCUT2D eigenvalue weighted by atomic mass is 10.1. The van der Waals surface area contributed by atoms with Crippen molar-refractivity contribution in [3.8, 4) is 11.8 Å². The molecule has 0 bridgehead atoms. The molecule has 0 spiro atoms. The summed E-state index contributed by atoms with van der Waals surface area (Å²) in [5, 5.41) is 9.73. The van der Waals surface area contributed by atoms with E-state index in [1.165, 1.54) is 0 Å². The molecule has 1 atom stereocenters. The van der Waals surface area contributed by atoms with E-state index in [1.807, 2.05) is 24.3 Å². The average Bonchev–Trinajstić information content (AvgIpc) is 3.29. The second kappa shape index (κ2) is 10.3. The fraction of sp³-hybridized carbons (Fsp3) is 0.440. The van der Waals surface area contributed by atoms with Crippen molar-refractivity contribution in [2.45, 2.75) is 32.2 Å². The van der Waals surface area contributed by atoms with Crippen LogP contribution in [-0.4, -0.2) is 57.7 Å². The molecule has 1 unspecified atom stereocenters. The van der Waals surface area contributed by atoms with E-state index in [-0.39, 0.29) is 5.91 Å². The molecule has 1 fully saturated rings. The Hall–Kier alpha value is -3.04. The van der Waals surface area contributed by atoms with Gasteiger partial charge >= 0.3 is 0 Å². The third kappa shape index (κ3) is 5.36. The van der Waals surface area contributed by atoms with Crippen LogP contribution in [0.25, 0.3) is 0 Å². The molecular formula is C25H32N4O2. The van der Waals surface area contributed by atoms with Crippen LogP contribution >= 0.6 is 0 Å². The number of carbonyl (C=O) groups is 1. The molecule has 1 saturated heterocycles. The van der Waals surface area contributed by atoms with Crippen LogP contribution in [0.2, 0.25) is 0 Å². The number of unbranched alkanes of at least 4 members (excludes halogenated alkanes) is 1. The summed E-state index contributed by atoms with van der Waals surface area (Å²) in [5.41, 5.74) is 2.82. The van der Waals surface area contributed by atoms with Gasteiger partial charge in [-0.2, -0.15) is 5.26 Å². The summed E-state index contributed by atoms with van der Waals surface area (Å²) >= 11 is 0. The third-order valence-electron chi connectivity index (χ3n) is 5.89. The monoisotopic (exact) mass is 420 g/mol. The van der Waals surface area contributed by atoms with Crippen LogP contribution in [0.3, 0.4) is 0 Å². The van der Waals surface area contributed by atoms with Gasteiger partial charge < -0.3 is 19.4 Å². The Labute approximate surface area is 185 Å². The van der Waals surface area contributed by atoms with Gasteiger partial charge in [0.1, 0.15) is 11.8 Å². The topological polar surface area (TPSA) is 59.8 Å². The Morgan fingerprint density at radius 2 is 1.94 bits per heavy atom. The fourth-order valence-electron chi connectivity index (χ4n) is 3.82. The van der Waals surface area contributed by atoms with Crippen LogP contribution in [0.15, 0.2) is 42.5 Å². The number of carbonyl (C=O) groups excluding carboxylic acids is 1. The van der Waals surface area contributed by atoms with Crippen LogP contribution in [0, 0.1) is 11.3 Å². The molecule has 1 aliphatic rings. The summed E-state index contributed by atoms with van der Waals surface area (Å²) in [5.74, 6) is 0.649. The number of benzene rings is 2. The summed E-state index contributed by atoms with van der Waals surface area (Å²) in [6, 6.07) is 15.7. The van der Waals surface area contributed by atoms with E-state index in [0.29, 0.717) is 29.5 Å². The van der Waals surface area contributed by atoms with E-state index in [2.05, 4.69) is 36.9 Å². The zero-order valence-corrected chi connectivity index (χ0v) is 19.0. The minimum atomic E-state index is -0.120. The smallest absolute Gasteiger partial charge is 0.258 e. The first-order chi connectivity index (χ1) is 14.9. The third-order valence-corrected chi connectivity index (χ3v) is 5.89. The van der Waals surface area contributed by atoms with E-state index in [0.717, 1.165) is 43.8 Å². The van der Waals surface area contributed by atoms with Crippen molar-refractivity contribution in [2.75, 3.05) is 50.6 Å². The molecule has 2 aromatic carbocycles. The molecule has 1 aliphatic heterocycles. The first-order valence-electron chi connectivity index (χ1n) is 10.9. The van der Waals surface area contributed by atoms with E-state index < -0.39 is 0 Å². The van der Waals surface area contributed by atoms with Crippen LogP contribution in [0.4, 0.5) is 11.4 Å². The maximum absolute atomic E-state index is 13.0. The van der Waals surface area contributed by atoms with Crippen LogP contribution in [0.1, 0.15) is 42.1 Å². The first-order valence-corrected chi connectivity index (χ1v) is 10.9. The normalized spacial score (nSPS) is 15.7. The molecular weight excluding hydrogens is 388 g/mol. The van der Waals surface area contributed by atoms with Gasteiger partial charge in [0.05, 0.1) is 17.9 Å². The highest BCUT2D eigenvalue weighted by Gasteiger charge is 2.26. The van der Waals surface area contributed by atoms with Gasteiger partial charge in [-0.25, -0.2) is 0 Å². The van der Waals surface area contributed by atoms with Gasteiger partial charge in [0, 0.05) is 37.4 Å². The number of likely N-dealkylation sites (N-methyl/N-ethyl adjacent to an activating group) is 1. The van der Waals surface area contributed by atoms with Crippen molar-refractivity contribution in [3.63, 3.8) is 0 Å². The quantitative estimate of drug-likeness (QED) is 0.601. The number of ether oxygens (including phenoxy) is 1. The fourth-order valence-corrected chi connectivity index (χ4v) is 3.82. The van der Waals surface area contributed by atoms with Gasteiger partial charge in [-0.05, 0) is 69.4 Å². The van der Waals surface area contributed by atoms with Gasteiger partial charge in [0.25, 0.3) is 5.91 Å². The Morgan fingerprint density at radius 3 is 2.55 bits per heavy atom. The zero-order chi connectivity index (χ0) is 22.4. The lowest BCUT2D eigenvalue weighted by molar-refractivity contribution is 0.0993. The van der Waals surface area contributed by atoms with E-state index >= 15 is 0 Å². The van der Waals surface area contributed by atoms with E-state index in [9.17, 15) is 10.1 Å². The highest BCUT2D eigenvalue weighted by molar-refractivity contribution is 6.06. The van der Waals surface area contributed by atoms with Crippen molar-refractivity contribution < 1.29 is 9.53 Å². The Kier molecular flexibility index (Phi) is 7.54. The SMILES string of the molecule is CCCCOc1ccc(C(=O)N(C)c2ccc(N3CCC(N(C)C)C3)c(C#N)c2)cc1. The molecule has 0 saturated carbocycles. The molecule has 1 amide bonds. The summed E-state index contributed by atoms with van der Waals surface area (Å²) in [6.07, 6.45) is 3.17. The summed E-state index contributed by atoms with van der Waals surface area (Å²) in [7, 11) is 5.92. The molecule has 2 aromatic rings. The Balaban J connectivity index is 1.72. The molecule has 1 heterocycles. The molecule has 164 valence electrons. The molecule has 31 heavy (non-hydrogen) atoms. The van der Waals surface area contributed by atoms with Gasteiger partial charge in [-0.3, -0.25) is 4.79 Å². The predicted molar refractivity (Wildman–Crippen MR) is 125 cm³/mol. The number of hydrogen-bond acceptors (Lipinski definition) is 5. The first kappa shape index (κ1) is 22.6. The average molecular weight is 421 g/mol. The lowest BCUT2D eigenvalue weighted by Gasteiger charge is -2.24. The zero-order valence-electron chi connectivity index (χ0n) is 19.0. The second-order valence-corrected chi connectivity index (χ2v) is 8.26. The Morgan fingerprint density at radius 1 is 1.19 bits per heavy atom. The lowest BCUT2D eigenvalue weighted by Crippen LogP contribution is -2.31. The summed E-state index contributed by atoms with van der Waals surface area (Å²) < 4.78 is 5.67. The number of amides is 1.